The van der Waals surface area contributed by atoms with Crippen molar-refractivity contribution in [3.05, 3.63) is 46.9 Å². The molecule has 134 valence electrons. The van der Waals surface area contributed by atoms with Gasteiger partial charge in [0, 0.05) is 6.54 Å². The molecule has 9 heteroatoms. The first-order chi connectivity index (χ1) is 11.7. The molecule has 2 amide bonds. The van der Waals surface area contributed by atoms with E-state index in [0.29, 0.717) is 24.5 Å². The van der Waals surface area contributed by atoms with Crippen LogP contribution >= 0.6 is 0 Å². The van der Waals surface area contributed by atoms with E-state index in [1.165, 1.54) is 12.1 Å². The molecule has 0 saturated heterocycles. The molecule has 2 rings (SSSR count). The zero-order valence-electron chi connectivity index (χ0n) is 14.3. The minimum absolute atomic E-state index is 0.0609. The number of hydrogen-bond donors (Lipinski definition) is 3. The zero-order valence-corrected chi connectivity index (χ0v) is 15.1. The Hall–Kier alpha value is -2.52. The molecule has 0 aliphatic rings. The number of rotatable bonds is 5. The smallest absolute Gasteiger partial charge is 0.320 e. The largest absolute Gasteiger partial charge is 0.337 e. The van der Waals surface area contributed by atoms with Crippen molar-refractivity contribution < 1.29 is 13.2 Å². The van der Waals surface area contributed by atoms with Crippen LogP contribution in [0.5, 0.6) is 0 Å². The summed E-state index contributed by atoms with van der Waals surface area (Å²) >= 11 is 0. The predicted molar refractivity (Wildman–Crippen MR) is 94.8 cm³/mol. The third kappa shape index (κ3) is 5.23. The molecule has 0 aliphatic heterocycles. The summed E-state index contributed by atoms with van der Waals surface area (Å²) in [6.45, 7) is 5.86. The van der Waals surface area contributed by atoms with Gasteiger partial charge in [-0.15, -0.1) is 0 Å². The van der Waals surface area contributed by atoms with Crippen molar-refractivity contribution in [2.75, 3.05) is 11.9 Å². The predicted octanol–water partition coefficient (Wildman–Crippen LogP) is 1.41. The Morgan fingerprint density at radius 2 is 1.64 bits per heavy atom. The van der Waals surface area contributed by atoms with Crippen molar-refractivity contribution in [2.45, 2.75) is 32.1 Å². The molecule has 0 radical (unpaired) electrons. The third-order valence-corrected chi connectivity index (χ3v) is 4.59. The van der Waals surface area contributed by atoms with Gasteiger partial charge in [0.2, 0.25) is 10.0 Å². The van der Waals surface area contributed by atoms with Gasteiger partial charge in [0.05, 0.1) is 22.0 Å². The van der Waals surface area contributed by atoms with Gasteiger partial charge >= 0.3 is 6.03 Å². The number of sulfonamides is 1. The second-order valence-electron chi connectivity index (χ2n) is 5.65. The molecule has 0 aliphatic carbocycles. The van der Waals surface area contributed by atoms with Gasteiger partial charge in [0.1, 0.15) is 0 Å². The highest BCUT2D eigenvalue weighted by atomic mass is 32.2. The van der Waals surface area contributed by atoms with Gasteiger partial charge in [-0.3, -0.25) is 10.3 Å². The highest BCUT2D eigenvalue weighted by molar-refractivity contribution is 7.89. The molecule has 1 heterocycles. The second kappa shape index (κ2) is 7.58. The van der Waals surface area contributed by atoms with Gasteiger partial charge in [-0.2, -0.15) is 0 Å². The maximum atomic E-state index is 12.0. The SMILES string of the molecule is Cc1nc(C)c(NC(=O)NCCc2ccc(S(N)(=O)=O)cc2)nc1C. The lowest BCUT2D eigenvalue weighted by Crippen LogP contribution is -2.31. The number of amides is 2. The number of carbonyl (C=O) groups is 1. The Kier molecular flexibility index (Phi) is 5.70. The van der Waals surface area contributed by atoms with E-state index in [-0.39, 0.29) is 10.9 Å². The Morgan fingerprint density at radius 1 is 1.04 bits per heavy atom. The number of carbonyl (C=O) groups excluding carboxylic acids is 1. The molecule has 0 atom stereocenters. The Balaban J connectivity index is 1.88. The molecule has 2 aromatic rings. The highest BCUT2D eigenvalue weighted by Crippen LogP contribution is 2.12. The summed E-state index contributed by atoms with van der Waals surface area (Å²) in [7, 11) is -3.69. The number of hydrogen-bond acceptors (Lipinski definition) is 5. The van der Waals surface area contributed by atoms with Gasteiger partial charge in [-0.25, -0.2) is 23.3 Å². The van der Waals surface area contributed by atoms with Crippen LogP contribution in [0.15, 0.2) is 29.2 Å². The Morgan fingerprint density at radius 3 is 2.24 bits per heavy atom. The van der Waals surface area contributed by atoms with E-state index >= 15 is 0 Å². The number of benzene rings is 1. The van der Waals surface area contributed by atoms with Crippen LogP contribution in [0, 0.1) is 20.8 Å². The average Bonchev–Trinajstić information content (AvgIpc) is 2.52. The number of anilines is 1. The first kappa shape index (κ1) is 18.8. The number of nitrogens with two attached hydrogens (primary N) is 1. The van der Waals surface area contributed by atoms with E-state index in [2.05, 4.69) is 20.6 Å². The fraction of sp³-hybridized carbons (Fsp3) is 0.312. The molecule has 8 nitrogen and oxygen atoms in total. The van der Waals surface area contributed by atoms with Crippen LogP contribution in [-0.2, 0) is 16.4 Å². The van der Waals surface area contributed by atoms with E-state index in [1.807, 2.05) is 13.8 Å². The number of nitrogens with one attached hydrogen (secondary N) is 2. The molecule has 4 N–H and O–H groups in total. The van der Waals surface area contributed by atoms with E-state index in [1.54, 1.807) is 19.1 Å². The molecule has 0 spiro atoms. The first-order valence-electron chi connectivity index (χ1n) is 7.65. The van der Waals surface area contributed by atoms with Crippen LogP contribution in [0.4, 0.5) is 10.6 Å². The van der Waals surface area contributed by atoms with Gasteiger partial charge in [-0.1, -0.05) is 12.1 Å². The lowest BCUT2D eigenvalue weighted by atomic mass is 10.1. The van der Waals surface area contributed by atoms with Crippen LogP contribution in [0.25, 0.3) is 0 Å². The highest BCUT2D eigenvalue weighted by Gasteiger charge is 2.09. The minimum Gasteiger partial charge on any atom is -0.337 e. The van der Waals surface area contributed by atoms with Crippen molar-refractivity contribution >= 4 is 21.9 Å². The molecular formula is C16H21N5O3S. The summed E-state index contributed by atoms with van der Waals surface area (Å²) in [6, 6.07) is 5.84. The average molecular weight is 363 g/mol. The van der Waals surface area contributed by atoms with Gasteiger partial charge in [0.25, 0.3) is 0 Å². The summed E-state index contributed by atoms with van der Waals surface area (Å²) in [4.78, 5) is 20.6. The van der Waals surface area contributed by atoms with E-state index in [4.69, 9.17) is 5.14 Å². The van der Waals surface area contributed by atoms with Crippen molar-refractivity contribution in [1.29, 1.82) is 0 Å². The molecule has 1 aromatic heterocycles. The lowest BCUT2D eigenvalue weighted by Gasteiger charge is -2.10. The van der Waals surface area contributed by atoms with Crippen LogP contribution in [0.3, 0.4) is 0 Å². The van der Waals surface area contributed by atoms with Crippen molar-refractivity contribution in [3.8, 4) is 0 Å². The lowest BCUT2D eigenvalue weighted by molar-refractivity contribution is 0.252. The number of aryl methyl sites for hydroxylation is 3. The Bertz CT molecular complexity index is 879. The number of aromatic nitrogens is 2. The standard InChI is InChI=1S/C16H21N5O3S/c1-10-11(2)20-15(12(3)19-10)21-16(22)18-9-8-13-4-6-14(7-5-13)25(17,23)24/h4-7H,8-9H2,1-3H3,(H2,17,23,24)(H2,18,20,21,22). The van der Waals surface area contributed by atoms with E-state index in [0.717, 1.165) is 17.0 Å². The summed E-state index contributed by atoms with van der Waals surface area (Å²) in [5.41, 5.74) is 3.12. The molecule has 0 saturated carbocycles. The molecule has 0 bridgehead atoms. The molecular weight excluding hydrogens is 342 g/mol. The number of urea groups is 1. The Labute approximate surface area is 146 Å². The fourth-order valence-corrected chi connectivity index (χ4v) is 2.67. The normalized spacial score (nSPS) is 11.2. The van der Waals surface area contributed by atoms with Crippen LogP contribution in [0.1, 0.15) is 22.6 Å². The van der Waals surface area contributed by atoms with Crippen LogP contribution < -0.4 is 15.8 Å². The van der Waals surface area contributed by atoms with Crippen molar-refractivity contribution in [3.63, 3.8) is 0 Å². The minimum atomic E-state index is -3.69. The third-order valence-electron chi connectivity index (χ3n) is 3.66. The van der Waals surface area contributed by atoms with Crippen molar-refractivity contribution in [1.82, 2.24) is 15.3 Å². The number of nitrogens with zero attached hydrogens (tertiary/aromatic N) is 2. The number of primary sulfonamides is 1. The van der Waals surface area contributed by atoms with E-state index < -0.39 is 10.0 Å². The quantitative estimate of drug-likeness (QED) is 0.740. The topological polar surface area (TPSA) is 127 Å². The maximum absolute atomic E-state index is 12.0. The van der Waals surface area contributed by atoms with E-state index in [9.17, 15) is 13.2 Å². The van der Waals surface area contributed by atoms with Crippen LogP contribution in [0.2, 0.25) is 0 Å². The molecule has 1 aromatic carbocycles. The monoisotopic (exact) mass is 363 g/mol. The van der Waals surface area contributed by atoms with Crippen LogP contribution in [-0.4, -0.2) is 31.0 Å². The zero-order chi connectivity index (χ0) is 18.6. The molecule has 0 unspecified atom stereocenters. The fourth-order valence-electron chi connectivity index (χ4n) is 2.15. The maximum Gasteiger partial charge on any atom is 0.320 e. The van der Waals surface area contributed by atoms with Gasteiger partial charge in [-0.05, 0) is 44.9 Å². The summed E-state index contributed by atoms with van der Waals surface area (Å²) in [5, 5.41) is 10.4. The molecule has 0 fully saturated rings. The summed E-state index contributed by atoms with van der Waals surface area (Å²) < 4.78 is 22.4. The van der Waals surface area contributed by atoms with Gasteiger partial charge in [0.15, 0.2) is 5.82 Å². The summed E-state index contributed by atoms with van der Waals surface area (Å²) in [5.74, 6) is 0.429. The van der Waals surface area contributed by atoms with Gasteiger partial charge < -0.3 is 5.32 Å². The summed E-state index contributed by atoms with van der Waals surface area (Å²) in [6.07, 6.45) is 0.551. The first-order valence-corrected chi connectivity index (χ1v) is 9.20. The second-order valence-corrected chi connectivity index (χ2v) is 7.21. The molecule has 25 heavy (non-hydrogen) atoms. The van der Waals surface area contributed by atoms with Crippen molar-refractivity contribution in [2.24, 2.45) is 5.14 Å².